The molecule has 0 bridgehead atoms. The first kappa shape index (κ1) is 12.9. The van der Waals surface area contributed by atoms with Crippen LogP contribution in [0, 0.1) is 3.57 Å². The molecule has 0 aliphatic carbocycles. The van der Waals surface area contributed by atoms with Gasteiger partial charge < -0.3 is 0 Å². The van der Waals surface area contributed by atoms with Crippen LogP contribution in [0.5, 0.6) is 0 Å². The van der Waals surface area contributed by atoms with Gasteiger partial charge >= 0.3 is 0 Å². The third-order valence-corrected chi connectivity index (χ3v) is 4.65. The highest BCUT2D eigenvalue weighted by Gasteiger charge is 2.22. The Hall–Kier alpha value is -0.560. The molecule has 17 heavy (non-hydrogen) atoms. The molecule has 2 rings (SSSR count). The number of carbonyl (C=O) groups is 1. The second-order valence-corrected chi connectivity index (χ2v) is 6.10. The van der Waals surface area contributed by atoms with Gasteiger partial charge in [-0.25, -0.2) is 0 Å². The molecule has 1 atom stereocenters. The van der Waals surface area contributed by atoms with Crippen LogP contribution < -0.4 is 5.32 Å². The van der Waals surface area contributed by atoms with Gasteiger partial charge in [-0.1, -0.05) is 30.8 Å². The number of thioether (sulfide) groups is 1. The minimum atomic E-state index is -0.196. The third kappa shape index (κ3) is 3.22. The summed E-state index contributed by atoms with van der Waals surface area (Å²) in [5.74, 6) is -0.196. The number of amides is 1. The summed E-state index contributed by atoms with van der Waals surface area (Å²) in [6.07, 6.45) is 1.06. The van der Waals surface area contributed by atoms with Crippen LogP contribution >= 0.6 is 34.4 Å². The lowest BCUT2D eigenvalue weighted by Gasteiger charge is -2.00. The molecule has 1 aliphatic rings. The lowest BCUT2D eigenvalue weighted by molar-refractivity contribution is 0.100. The van der Waals surface area contributed by atoms with Crippen molar-refractivity contribution in [1.29, 1.82) is 0 Å². The maximum Gasteiger partial charge on any atom is 0.280 e. The highest BCUT2D eigenvalue weighted by molar-refractivity contribution is 14.1. The number of amidine groups is 1. The third-order valence-electron chi connectivity index (χ3n) is 2.46. The number of halogens is 1. The lowest BCUT2D eigenvalue weighted by Crippen LogP contribution is -2.09. The molecule has 0 aromatic heterocycles. The molecule has 1 saturated heterocycles. The summed E-state index contributed by atoms with van der Waals surface area (Å²) < 4.78 is 0.925. The Morgan fingerprint density at radius 3 is 3.00 bits per heavy atom. The molecule has 1 aliphatic heterocycles. The van der Waals surface area contributed by atoms with Crippen LogP contribution in [-0.2, 0) is 0 Å². The van der Waals surface area contributed by atoms with Crippen LogP contribution in [0.25, 0.3) is 0 Å². The van der Waals surface area contributed by atoms with Crippen molar-refractivity contribution in [2.24, 2.45) is 4.99 Å². The summed E-state index contributed by atoms with van der Waals surface area (Å²) in [4.78, 5) is 16.0. The summed E-state index contributed by atoms with van der Waals surface area (Å²) in [6, 6.07) is 7.46. The van der Waals surface area contributed by atoms with E-state index in [1.807, 2.05) is 18.2 Å². The summed E-state index contributed by atoms with van der Waals surface area (Å²) in [5.41, 5.74) is 0.649. The highest BCUT2D eigenvalue weighted by atomic mass is 127. The van der Waals surface area contributed by atoms with Crippen molar-refractivity contribution in [3.8, 4) is 0 Å². The average Bonchev–Trinajstić information content (AvgIpc) is 2.77. The monoisotopic (exact) mass is 359 g/mol. The number of rotatable bonds is 2. The van der Waals surface area contributed by atoms with Gasteiger partial charge in [0.15, 0.2) is 5.17 Å². The van der Waals surface area contributed by atoms with Crippen LogP contribution in [0.4, 0.5) is 0 Å². The first-order chi connectivity index (χ1) is 8.20. The Balaban J connectivity index is 2.12. The van der Waals surface area contributed by atoms with Crippen molar-refractivity contribution in [2.75, 3.05) is 6.54 Å². The van der Waals surface area contributed by atoms with Crippen LogP contribution in [0.3, 0.4) is 0 Å². The predicted molar refractivity (Wildman–Crippen MR) is 79.6 cm³/mol. The molecule has 0 spiro atoms. The fourth-order valence-electron chi connectivity index (χ4n) is 1.46. The van der Waals surface area contributed by atoms with Gasteiger partial charge in [-0.15, -0.1) is 0 Å². The van der Waals surface area contributed by atoms with Gasteiger partial charge in [0.1, 0.15) is 0 Å². The normalized spacial score (nSPS) is 21.5. The van der Waals surface area contributed by atoms with Gasteiger partial charge in [0.05, 0.1) is 12.1 Å². The molecule has 0 N–H and O–H groups in total. The average molecular weight is 359 g/mol. The molecule has 1 amide bonds. The first-order valence-corrected chi connectivity index (χ1v) is 7.38. The van der Waals surface area contributed by atoms with Crippen molar-refractivity contribution in [1.82, 2.24) is 5.32 Å². The standard InChI is InChI=1S/C12H12IN2OS/c1-2-8-7-14-12(17-8)15-11(16)9-5-3-4-6-10(9)13/h3-6,8H,2,7H2,1H3. The smallest absolute Gasteiger partial charge is 0.267 e. The SMILES string of the molecule is CCC1C[N]C(=NC(=O)c2ccccc2I)S1. The highest BCUT2D eigenvalue weighted by Crippen LogP contribution is 2.22. The fourth-order valence-corrected chi connectivity index (χ4v) is 2.98. The van der Waals surface area contributed by atoms with Gasteiger partial charge in [0.2, 0.25) is 0 Å². The molecule has 0 saturated carbocycles. The Morgan fingerprint density at radius 1 is 1.59 bits per heavy atom. The number of nitrogens with zero attached hydrogens (tertiary/aromatic N) is 2. The maximum atomic E-state index is 12.0. The van der Waals surface area contributed by atoms with Gasteiger partial charge in [-0.3, -0.25) is 10.1 Å². The molecule has 1 unspecified atom stereocenters. The molecule has 1 heterocycles. The first-order valence-electron chi connectivity index (χ1n) is 5.42. The Labute approximate surface area is 119 Å². The Morgan fingerprint density at radius 2 is 2.35 bits per heavy atom. The molecule has 1 aromatic carbocycles. The van der Waals surface area contributed by atoms with E-state index in [1.165, 1.54) is 0 Å². The zero-order valence-electron chi connectivity index (χ0n) is 9.39. The summed E-state index contributed by atoms with van der Waals surface area (Å²) in [5, 5.41) is 5.38. The molecular weight excluding hydrogens is 347 g/mol. The zero-order chi connectivity index (χ0) is 12.3. The van der Waals surface area contributed by atoms with Gasteiger partial charge in [0.25, 0.3) is 5.91 Å². The summed E-state index contributed by atoms with van der Waals surface area (Å²) in [7, 11) is 0. The minimum Gasteiger partial charge on any atom is -0.267 e. The molecule has 3 nitrogen and oxygen atoms in total. The van der Waals surface area contributed by atoms with E-state index in [0.29, 0.717) is 16.0 Å². The molecule has 1 aromatic rings. The summed E-state index contributed by atoms with van der Waals surface area (Å²) >= 11 is 3.75. The van der Waals surface area contributed by atoms with E-state index < -0.39 is 0 Å². The van der Waals surface area contributed by atoms with E-state index in [4.69, 9.17) is 0 Å². The van der Waals surface area contributed by atoms with Crippen molar-refractivity contribution in [3.05, 3.63) is 33.4 Å². The number of carbonyl (C=O) groups excluding carboxylic acids is 1. The number of hydrogen-bond acceptors (Lipinski definition) is 2. The van der Waals surface area contributed by atoms with E-state index in [0.717, 1.165) is 16.5 Å². The molecule has 5 heteroatoms. The Kier molecular flexibility index (Phi) is 4.44. The molecule has 1 fully saturated rings. The predicted octanol–water partition coefficient (Wildman–Crippen LogP) is 2.92. The van der Waals surface area contributed by atoms with E-state index in [9.17, 15) is 4.79 Å². The minimum absolute atomic E-state index is 0.196. The number of benzene rings is 1. The van der Waals surface area contributed by atoms with Gasteiger partial charge in [-0.05, 0) is 41.1 Å². The van der Waals surface area contributed by atoms with E-state index in [-0.39, 0.29) is 5.91 Å². The lowest BCUT2D eigenvalue weighted by atomic mass is 10.2. The number of hydrogen-bond donors (Lipinski definition) is 0. The summed E-state index contributed by atoms with van der Waals surface area (Å²) in [6.45, 7) is 2.90. The van der Waals surface area contributed by atoms with Crippen molar-refractivity contribution in [2.45, 2.75) is 18.6 Å². The van der Waals surface area contributed by atoms with Crippen molar-refractivity contribution >= 4 is 45.4 Å². The fraction of sp³-hybridized carbons (Fsp3) is 0.333. The van der Waals surface area contributed by atoms with Crippen molar-refractivity contribution < 1.29 is 4.79 Å². The van der Waals surface area contributed by atoms with Crippen LogP contribution in [0.1, 0.15) is 23.7 Å². The molecule has 89 valence electrons. The molecule has 1 radical (unpaired) electrons. The van der Waals surface area contributed by atoms with Gasteiger partial charge in [-0.2, -0.15) is 4.99 Å². The van der Waals surface area contributed by atoms with Crippen LogP contribution in [0.15, 0.2) is 29.3 Å². The topological polar surface area (TPSA) is 43.5 Å². The van der Waals surface area contributed by atoms with E-state index in [1.54, 1.807) is 17.8 Å². The van der Waals surface area contributed by atoms with E-state index >= 15 is 0 Å². The van der Waals surface area contributed by atoms with Crippen molar-refractivity contribution in [3.63, 3.8) is 0 Å². The second kappa shape index (κ2) is 5.86. The van der Waals surface area contributed by atoms with Gasteiger partial charge in [0, 0.05) is 8.82 Å². The van der Waals surface area contributed by atoms with E-state index in [2.05, 4.69) is 39.8 Å². The molecular formula is C12H12IN2OS. The Bertz CT molecular complexity index is 462. The van der Waals surface area contributed by atoms with Crippen LogP contribution in [0.2, 0.25) is 0 Å². The van der Waals surface area contributed by atoms with Crippen LogP contribution in [-0.4, -0.2) is 22.9 Å². The second-order valence-electron chi connectivity index (χ2n) is 3.67. The number of aliphatic imine (C=N–C) groups is 1. The zero-order valence-corrected chi connectivity index (χ0v) is 12.4. The largest absolute Gasteiger partial charge is 0.280 e. The quantitative estimate of drug-likeness (QED) is 0.763. The maximum absolute atomic E-state index is 12.0.